The van der Waals surface area contributed by atoms with Crippen molar-refractivity contribution in [2.45, 2.75) is 6.54 Å². The number of hydrogen-bond acceptors (Lipinski definition) is 4. The zero-order valence-corrected chi connectivity index (χ0v) is 11.1. The van der Waals surface area contributed by atoms with Crippen molar-refractivity contribution in [1.29, 1.82) is 0 Å². The molecule has 2 aromatic heterocycles. The number of benzene rings is 1. The van der Waals surface area contributed by atoms with Gasteiger partial charge in [0.25, 0.3) is 0 Å². The molecule has 0 saturated carbocycles. The van der Waals surface area contributed by atoms with Gasteiger partial charge in [0.1, 0.15) is 11.5 Å². The van der Waals surface area contributed by atoms with E-state index >= 15 is 0 Å². The van der Waals surface area contributed by atoms with Crippen LogP contribution in [-0.2, 0) is 6.54 Å². The summed E-state index contributed by atoms with van der Waals surface area (Å²) >= 11 is 1.56. The molecule has 4 nitrogen and oxygen atoms in total. The minimum Gasteiger partial charge on any atom is -0.480 e. The molecule has 0 aliphatic rings. The fraction of sp³-hybridized carbons (Fsp3) is 0.154. The molecule has 0 saturated heterocycles. The molecule has 98 valence electrons. The first-order chi connectivity index (χ1) is 9.28. The van der Waals surface area contributed by atoms with Gasteiger partial charge in [0.15, 0.2) is 4.96 Å². The van der Waals surface area contributed by atoms with E-state index in [1.54, 1.807) is 30.6 Å². The third kappa shape index (κ3) is 2.26. The number of rotatable bonds is 4. The summed E-state index contributed by atoms with van der Waals surface area (Å²) in [4.78, 5) is 5.27. The topological polar surface area (TPSA) is 38.6 Å². The predicted molar refractivity (Wildman–Crippen MR) is 73.3 cm³/mol. The van der Waals surface area contributed by atoms with E-state index in [4.69, 9.17) is 4.74 Å². The first-order valence-electron chi connectivity index (χ1n) is 5.76. The molecule has 6 heteroatoms. The average molecular weight is 277 g/mol. The van der Waals surface area contributed by atoms with Crippen molar-refractivity contribution in [3.05, 3.63) is 47.4 Å². The van der Waals surface area contributed by atoms with Crippen LogP contribution in [0.25, 0.3) is 4.96 Å². The molecule has 0 radical (unpaired) electrons. The molecule has 1 N–H and O–H groups in total. The number of fused-ring (bicyclic) bond motifs is 1. The molecule has 0 spiro atoms. The Hall–Kier alpha value is -2.08. The maximum atomic E-state index is 12.8. The fourth-order valence-electron chi connectivity index (χ4n) is 1.89. The molecule has 0 amide bonds. The molecule has 0 bridgehead atoms. The molecular weight excluding hydrogens is 265 g/mol. The molecule has 3 aromatic rings. The number of nitrogens with zero attached hydrogens (tertiary/aromatic N) is 2. The minimum atomic E-state index is -0.243. The fourth-order valence-corrected chi connectivity index (χ4v) is 2.62. The highest BCUT2D eigenvalue weighted by Gasteiger charge is 2.13. The van der Waals surface area contributed by atoms with E-state index in [2.05, 4.69) is 10.3 Å². The van der Waals surface area contributed by atoms with Gasteiger partial charge in [-0.25, -0.2) is 4.39 Å². The molecule has 1 aromatic carbocycles. The second-order valence-corrected chi connectivity index (χ2v) is 4.86. The highest BCUT2D eigenvalue weighted by Crippen LogP contribution is 2.24. The molecule has 0 fully saturated rings. The molecule has 0 aliphatic carbocycles. The molecule has 19 heavy (non-hydrogen) atoms. The van der Waals surface area contributed by atoms with Crippen molar-refractivity contribution in [3.63, 3.8) is 0 Å². The molecule has 2 heterocycles. The zero-order valence-electron chi connectivity index (χ0n) is 10.3. The standard InChI is InChI=1S/C13H12FN3OS/c1-18-12-11(17-6-7-19-13(17)16-12)8-15-10-4-2-9(14)3-5-10/h2-7,15H,8H2,1H3. The summed E-state index contributed by atoms with van der Waals surface area (Å²) in [7, 11) is 1.60. The third-order valence-electron chi connectivity index (χ3n) is 2.82. The second kappa shape index (κ2) is 4.89. The lowest BCUT2D eigenvalue weighted by Crippen LogP contribution is -2.03. The van der Waals surface area contributed by atoms with Crippen molar-refractivity contribution in [2.75, 3.05) is 12.4 Å². The summed E-state index contributed by atoms with van der Waals surface area (Å²) in [6.45, 7) is 0.562. The number of thiazole rings is 1. The van der Waals surface area contributed by atoms with E-state index in [1.165, 1.54) is 12.1 Å². The number of aromatic nitrogens is 2. The largest absolute Gasteiger partial charge is 0.480 e. The number of hydrogen-bond donors (Lipinski definition) is 1. The van der Waals surface area contributed by atoms with Gasteiger partial charge >= 0.3 is 0 Å². The monoisotopic (exact) mass is 277 g/mol. The molecular formula is C13H12FN3OS. The first kappa shape index (κ1) is 12.0. The number of methoxy groups -OCH3 is 1. The van der Waals surface area contributed by atoms with Crippen LogP contribution in [0.3, 0.4) is 0 Å². The third-order valence-corrected chi connectivity index (χ3v) is 3.58. The van der Waals surface area contributed by atoms with Gasteiger partial charge < -0.3 is 10.1 Å². The van der Waals surface area contributed by atoms with E-state index in [0.29, 0.717) is 12.4 Å². The Morgan fingerprint density at radius 3 is 2.89 bits per heavy atom. The Labute approximate surface area is 113 Å². The van der Waals surface area contributed by atoms with Crippen LogP contribution in [0, 0.1) is 5.82 Å². The highest BCUT2D eigenvalue weighted by molar-refractivity contribution is 7.15. The number of imidazole rings is 1. The maximum Gasteiger partial charge on any atom is 0.238 e. The van der Waals surface area contributed by atoms with Crippen LogP contribution < -0.4 is 10.1 Å². The van der Waals surface area contributed by atoms with Crippen molar-refractivity contribution in [1.82, 2.24) is 9.38 Å². The number of halogens is 1. The SMILES string of the molecule is COc1nc2sccn2c1CNc1ccc(F)cc1. The normalized spacial score (nSPS) is 10.8. The summed E-state index contributed by atoms with van der Waals surface area (Å²) in [5.41, 5.74) is 1.80. The predicted octanol–water partition coefficient (Wildman–Crippen LogP) is 3.16. The van der Waals surface area contributed by atoms with Gasteiger partial charge in [0.05, 0.1) is 13.7 Å². The van der Waals surface area contributed by atoms with Crippen LogP contribution in [-0.4, -0.2) is 16.5 Å². The van der Waals surface area contributed by atoms with Crippen molar-refractivity contribution in [2.24, 2.45) is 0 Å². The van der Waals surface area contributed by atoms with Crippen LogP contribution in [0.15, 0.2) is 35.8 Å². The minimum absolute atomic E-state index is 0.243. The Balaban J connectivity index is 1.84. The Morgan fingerprint density at radius 2 is 2.16 bits per heavy atom. The van der Waals surface area contributed by atoms with Crippen molar-refractivity contribution in [3.8, 4) is 5.88 Å². The molecule has 3 rings (SSSR count). The average Bonchev–Trinajstić information content (AvgIpc) is 2.99. The van der Waals surface area contributed by atoms with Crippen LogP contribution in [0.4, 0.5) is 10.1 Å². The maximum absolute atomic E-state index is 12.8. The number of ether oxygens (including phenoxy) is 1. The van der Waals surface area contributed by atoms with E-state index in [-0.39, 0.29) is 5.82 Å². The molecule has 0 atom stereocenters. The number of anilines is 1. The lowest BCUT2D eigenvalue weighted by Gasteiger charge is -2.07. The van der Waals surface area contributed by atoms with E-state index in [1.807, 2.05) is 16.0 Å². The van der Waals surface area contributed by atoms with Crippen molar-refractivity contribution < 1.29 is 9.13 Å². The van der Waals surface area contributed by atoms with Crippen LogP contribution in [0.1, 0.15) is 5.69 Å². The quantitative estimate of drug-likeness (QED) is 0.796. The smallest absolute Gasteiger partial charge is 0.238 e. The summed E-state index contributed by atoms with van der Waals surface area (Å²) in [6, 6.07) is 6.26. The lowest BCUT2D eigenvalue weighted by molar-refractivity contribution is 0.395. The molecule has 0 aliphatic heterocycles. The lowest BCUT2D eigenvalue weighted by atomic mass is 10.3. The summed E-state index contributed by atoms with van der Waals surface area (Å²) < 4.78 is 20.1. The van der Waals surface area contributed by atoms with Gasteiger partial charge in [-0.2, -0.15) is 4.98 Å². The van der Waals surface area contributed by atoms with Crippen LogP contribution in [0.5, 0.6) is 5.88 Å². The van der Waals surface area contributed by atoms with Gasteiger partial charge in [0, 0.05) is 17.3 Å². The van der Waals surface area contributed by atoms with E-state index in [0.717, 1.165) is 16.3 Å². The number of nitrogens with one attached hydrogen (secondary N) is 1. The Kier molecular flexibility index (Phi) is 3.08. The Bertz CT molecular complexity index is 690. The first-order valence-corrected chi connectivity index (χ1v) is 6.64. The van der Waals surface area contributed by atoms with E-state index < -0.39 is 0 Å². The Morgan fingerprint density at radius 1 is 1.37 bits per heavy atom. The highest BCUT2D eigenvalue weighted by atomic mass is 32.1. The van der Waals surface area contributed by atoms with Gasteiger partial charge in [-0.3, -0.25) is 4.40 Å². The summed E-state index contributed by atoms with van der Waals surface area (Å²) in [6.07, 6.45) is 1.96. The van der Waals surface area contributed by atoms with Crippen LogP contribution in [0.2, 0.25) is 0 Å². The van der Waals surface area contributed by atoms with Gasteiger partial charge in [-0.05, 0) is 24.3 Å². The molecule has 0 unspecified atom stereocenters. The summed E-state index contributed by atoms with van der Waals surface area (Å²) in [5.74, 6) is 0.370. The van der Waals surface area contributed by atoms with E-state index in [9.17, 15) is 4.39 Å². The van der Waals surface area contributed by atoms with Gasteiger partial charge in [0.2, 0.25) is 5.88 Å². The van der Waals surface area contributed by atoms with Crippen molar-refractivity contribution >= 4 is 22.0 Å². The van der Waals surface area contributed by atoms with Gasteiger partial charge in [-0.1, -0.05) is 0 Å². The van der Waals surface area contributed by atoms with Crippen LogP contribution >= 0.6 is 11.3 Å². The summed E-state index contributed by atoms with van der Waals surface area (Å²) in [5, 5.41) is 5.20. The zero-order chi connectivity index (χ0) is 13.2. The van der Waals surface area contributed by atoms with Gasteiger partial charge in [-0.15, -0.1) is 11.3 Å². The second-order valence-electron chi connectivity index (χ2n) is 3.98.